The van der Waals surface area contributed by atoms with Crippen LogP contribution in [0.1, 0.15) is 23.0 Å². The monoisotopic (exact) mass is 242 g/mol. The molecule has 13 heavy (non-hydrogen) atoms. The number of nitrogens with one attached hydrogen (secondary N) is 1. The van der Waals surface area contributed by atoms with Gasteiger partial charge in [0.2, 0.25) is 0 Å². The highest BCUT2D eigenvalue weighted by molar-refractivity contribution is 9.10. The number of carbonyl (C=O) groups is 1. The Labute approximate surface area is 85.7 Å². The lowest BCUT2D eigenvalue weighted by atomic mass is 10.2. The van der Waals surface area contributed by atoms with E-state index in [2.05, 4.69) is 26.2 Å². The van der Waals surface area contributed by atoms with Crippen LogP contribution in [0.2, 0.25) is 0 Å². The van der Waals surface area contributed by atoms with E-state index in [0.717, 1.165) is 10.2 Å². The molecule has 1 heterocycles. The van der Waals surface area contributed by atoms with Gasteiger partial charge >= 0.3 is 0 Å². The van der Waals surface area contributed by atoms with E-state index in [1.807, 2.05) is 13.8 Å². The van der Waals surface area contributed by atoms with Gasteiger partial charge in [0.25, 0.3) is 5.91 Å². The van der Waals surface area contributed by atoms with Crippen molar-refractivity contribution in [2.75, 3.05) is 6.54 Å². The van der Waals surface area contributed by atoms with E-state index in [1.165, 1.54) is 0 Å². The number of hydrogen-bond donors (Lipinski definition) is 1. The molecule has 0 saturated heterocycles. The van der Waals surface area contributed by atoms with Crippen LogP contribution in [-0.4, -0.2) is 17.4 Å². The molecular weight excluding hydrogens is 232 g/mol. The van der Waals surface area contributed by atoms with Gasteiger partial charge in [0.1, 0.15) is 0 Å². The number of halogens is 1. The van der Waals surface area contributed by atoms with Crippen molar-refractivity contribution in [2.45, 2.75) is 13.8 Å². The van der Waals surface area contributed by atoms with E-state index < -0.39 is 0 Å². The summed E-state index contributed by atoms with van der Waals surface area (Å²) in [6.07, 6.45) is 1.68. The molecule has 0 saturated carbocycles. The number of nitrogens with zero attached hydrogens (tertiary/aromatic N) is 1. The third-order valence-corrected chi connectivity index (χ3v) is 2.07. The first kappa shape index (κ1) is 10.2. The molecule has 0 radical (unpaired) electrons. The smallest absolute Gasteiger partial charge is 0.253 e. The average molecular weight is 243 g/mol. The first-order chi connectivity index (χ1) is 6.15. The van der Waals surface area contributed by atoms with Crippen LogP contribution in [0.5, 0.6) is 0 Å². The molecule has 1 aromatic rings. The summed E-state index contributed by atoms with van der Waals surface area (Å²) in [4.78, 5) is 15.5. The quantitative estimate of drug-likeness (QED) is 0.861. The molecule has 4 heteroatoms. The average Bonchev–Trinajstić information content (AvgIpc) is 2.09. The maximum Gasteiger partial charge on any atom is 0.253 e. The molecule has 0 fully saturated rings. The fourth-order valence-corrected chi connectivity index (χ4v) is 1.32. The van der Waals surface area contributed by atoms with Crippen molar-refractivity contribution in [3.8, 4) is 0 Å². The molecule has 0 aliphatic rings. The van der Waals surface area contributed by atoms with Crippen molar-refractivity contribution >= 4 is 21.8 Å². The van der Waals surface area contributed by atoms with Crippen LogP contribution >= 0.6 is 15.9 Å². The number of pyridine rings is 1. The zero-order valence-corrected chi connectivity index (χ0v) is 9.18. The van der Waals surface area contributed by atoms with Crippen LogP contribution in [0.4, 0.5) is 0 Å². The minimum atomic E-state index is -0.0752. The maximum atomic E-state index is 11.4. The molecule has 0 unspecified atom stereocenters. The molecule has 0 bridgehead atoms. The minimum Gasteiger partial charge on any atom is -0.352 e. The molecular formula is C9H11BrN2O. The van der Waals surface area contributed by atoms with E-state index in [0.29, 0.717) is 12.1 Å². The third kappa shape index (κ3) is 2.52. The predicted octanol–water partition coefficient (Wildman–Crippen LogP) is 1.90. The third-order valence-electron chi connectivity index (χ3n) is 1.64. The fraction of sp³-hybridized carbons (Fsp3) is 0.333. The summed E-state index contributed by atoms with van der Waals surface area (Å²) in [6.45, 7) is 4.33. The van der Waals surface area contributed by atoms with Crippen LogP contribution in [-0.2, 0) is 0 Å². The number of aromatic nitrogens is 1. The molecule has 1 aromatic heterocycles. The Bertz CT molecular complexity index is 325. The van der Waals surface area contributed by atoms with Gasteiger partial charge in [0.05, 0.1) is 11.3 Å². The number of hydrogen-bond acceptors (Lipinski definition) is 2. The summed E-state index contributed by atoms with van der Waals surface area (Å²) in [7, 11) is 0. The molecule has 1 rings (SSSR count). The van der Waals surface area contributed by atoms with Crippen LogP contribution in [0, 0.1) is 6.92 Å². The summed E-state index contributed by atoms with van der Waals surface area (Å²) in [5, 5.41) is 2.73. The highest BCUT2D eigenvalue weighted by Gasteiger charge is 2.08. The van der Waals surface area contributed by atoms with Crippen LogP contribution in [0.15, 0.2) is 16.7 Å². The largest absolute Gasteiger partial charge is 0.352 e. The van der Waals surface area contributed by atoms with Crippen molar-refractivity contribution in [3.63, 3.8) is 0 Å². The fourth-order valence-electron chi connectivity index (χ4n) is 0.993. The lowest BCUT2D eigenvalue weighted by Gasteiger charge is -2.04. The van der Waals surface area contributed by atoms with Gasteiger partial charge in [-0.15, -0.1) is 0 Å². The van der Waals surface area contributed by atoms with E-state index in [1.54, 1.807) is 12.3 Å². The van der Waals surface area contributed by atoms with E-state index >= 15 is 0 Å². The summed E-state index contributed by atoms with van der Waals surface area (Å²) in [5.41, 5.74) is 1.37. The topological polar surface area (TPSA) is 42.0 Å². The number of rotatable bonds is 2. The zero-order chi connectivity index (χ0) is 9.84. The number of carbonyl (C=O) groups excluding carboxylic acids is 1. The highest BCUT2D eigenvalue weighted by atomic mass is 79.9. The second-order valence-corrected chi connectivity index (χ2v) is 3.56. The molecule has 0 spiro atoms. The number of aryl methyl sites for hydroxylation is 1. The number of amides is 1. The summed E-state index contributed by atoms with van der Waals surface area (Å²) in [6, 6.07) is 1.77. The summed E-state index contributed by atoms with van der Waals surface area (Å²) >= 11 is 3.27. The molecule has 0 aromatic carbocycles. The molecule has 0 aliphatic heterocycles. The van der Waals surface area contributed by atoms with Gasteiger partial charge in [0.15, 0.2) is 0 Å². The van der Waals surface area contributed by atoms with Crippen molar-refractivity contribution in [1.82, 2.24) is 10.3 Å². The summed E-state index contributed by atoms with van der Waals surface area (Å²) in [5.74, 6) is -0.0752. The van der Waals surface area contributed by atoms with Crippen LogP contribution in [0.3, 0.4) is 0 Å². The summed E-state index contributed by atoms with van der Waals surface area (Å²) < 4.78 is 0.819. The molecule has 0 aliphatic carbocycles. The first-order valence-corrected chi connectivity index (χ1v) is 4.84. The SMILES string of the molecule is CCNC(=O)c1cc(Br)cnc1C. The standard InChI is InChI=1S/C9H11BrN2O/c1-3-11-9(13)8-4-7(10)5-12-6(8)2/h4-5H,3H2,1-2H3,(H,11,13). The predicted molar refractivity (Wildman–Crippen MR) is 54.7 cm³/mol. The Kier molecular flexibility index (Phi) is 3.42. The van der Waals surface area contributed by atoms with E-state index in [-0.39, 0.29) is 5.91 Å². The Morgan fingerprint density at radius 2 is 2.38 bits per heavy atom. The van der Waals surface area contributed by atoms with Crippen LogP contribution in [0.25, 0.3) is 0 Å². The molecule has 3 nitrogen and oxygen atoms in total. The second-order valence-electron chi connectivity index (χ2n) is 2.65. The lowest BCUT2D eigenvalue weighted by Crippen LogP contribution is -2.23. The van der Waals surface area contributed by atoms with E-state index in [9.17, 15) is 4.79 Å². The Balaban J connectivity index is 2.99. The van der Waals surface area contributed by atoms with Crippen molar-refractivity contribution in [1.29, 1.82) is 0 Å². The van der Waals surface area contributed by atoms with Crippen LogP contribution < -0.4 is 5.32 Å². The van der Waals surface area contributed by atoms with Gasteiger partial charge in [-0.2, -0.15) is 0 Å². The maximum absolute atomic E-state index is 11.4. The van der Waals surface area contributed by atoms with Gasteiger partial charge in [-0.3, -0.25) is 9.78 Å². The van der Waals surface area contributed by atoms with Gasteiger partial charge in [-0.1, -0.05) is 0 Å². The first-order valence-electron chi connectivity index (χ1n) is 4.05. The highest BCUT2D eigenvalue weighted by Crippen LogP contribution is 2.12. The molecule has 70 valence electrons. The lowest BCUT2D eigenvalue weighted by molar-refractivity contribution is 0.0954. The zero-order valence-electron chi connectivity index (χ0n) is 7.60. The normalized spacial score (nSPS) is 9.77. The van der Waals surface area contributed by atoms with Gasteiger partial charge < -0.3 is 5.32 Å². The Morgan fingerprint density at radius 1 is 1.69 bits per heavy atom. The van der Waals surface area contributed by atoms with Gasteiger partial charge in [-0.25, -0.2) is 0 Å². The van der Waals surface area contributed by atoms with Crippen molar-refractivity contribution in [3.05, 3.63) is 28.0 Å². The van der Waals surface area contributed by atoms with Crippen molar-refractivity contribution in [2.24, 2.45) is 0 Å². The minimum absolute atomic E-state index is 0.0752. The molecule has 0 atom stereocenters. The Hall–Kier alpha value is -0.900. The van der Waals surface area contributed by atoms with Crippen molar-refractivity contribution < 1.29 is 4.79 Å². The van der Waals surface area contributed by atoms with Gasteiger partial charge in [-0.05, 0) is 35.8 Å². The Morgan fingerprint density at radius 3 is 3.00 bits per heavy atom. The molecule has 1 amide bonds. The van der Waals surface area contributed by atoms with Gasteiger partial charge in [0, 0.05) is 17.2 Å². The van der Waals surface area contributed by atoms with E-state index in [4.69, 9.17) is 0 Å². The molecule has 1 N–H and O–H groups in total. The second kappa shape index (κ2) is 4.37.